The van der Waals surface area contributed by atoms with Gasteiger partial charge in [0.1, 0.15) is 24.9 Å². The van der Waals surface area contributed by atoms with Crippen LogP contribution in [0.5, 0.6) is 0 Å². The molecule has 3 saturated heterocycles. The highest BCUT2D eigenvalue weighted by atomic mass is 28.5. The molecule has 14 nitrogen and oxygen atoms in total. The first-order valence-electron chi connectivity index (χ1n) is 20.8. The van der Waals surface area contributed by atoms with Crippen molar-refractivity contribution in [1.82, 2.24) is 9.55 Å². The van der Waals surface area contributed by atoms with Gasteiger partial charge >= 0.3 is 34.8 Å². The van der Waals surface area contributed by atoms with E-state index in [-0.39, 0.29) is 47.2 Å². The molecule has 322 valence electrons. The molecule has 0 saturated carbocycles. The van der Waals surface area contributed by atoms with Crippen LogP contribution in [0.15, 0.2) is 82.5 Å². The lowest BCUT2D eigenvalue weighted by Gasteiger charge is -2.51. The number of esters is 2. The zero-order valence-corrected chi connectivity index (χ0v) is 37.7. The Balaban J connectivity index is 1.43. The summed E-state index contributed by atoms with van der Waals surface area (Å²) >= 11 is 0. The Morgan fingerprint density at radius 2 is 1.34 bits per heavy atom. The quantitative estimate of drug-likeness (QED) is 0.149. The zero-order chi connectivity index (χ0) is 42.8. The molecule has 0 bridgehead atoms. The molecule has 4 heterocycles. The van der Waals surface area contributed by atoms with Crippen LogP contribution in [-0.2, 0) is 36.7 Å². The molecule has 3 fully saturated rings. The minimum atomic E-state index is -3.26. The van der Waals surface area contributed by atoms with Crippen molar-refractivity contribution in [2.75, 3.05) is 13.2 Å². The Bertz CT molecular complexity index is 1990. The number of carbonyl (C=O) groups is 2. The highest BCUT2D eigenvalue weighted by Crippen LogP contribution is 2.49. The second-order valence-corrected chi connectivity index (χ2v) is 26.0. The lowest BCUT2D eigenvalue weighted by Crippen LogP contribution is -2.66. The summed E-state index contributed by atoms with van der Waals surface area (Å²) in [5, 5.41) is 0. The number of nitrogens with one attached hydrogen (secondary N) is 1. The molecule has 1 N–H and O–H groups in total. The van der Waals surface area contributed by atoms with Gasteiger partial charge in [0.15, 0.2) is 18.6 Å². The van der Waals surface area contributed by atoms with E-state index in [0.717, 1.165) is 0 Å². The van der Waals surface area contributed by atoms with E-state index < -0.39 is 83.3 Å². The number of aromatic nitrogens is 2. The third-order valence-corrected chi connectivity index (χ3v) is 22.4. The Hall–Kier alpha value is -3.75. The highest BCUT2D eigenvalue weighted by molar-refractivity contribution is 6.84. The number of ether oxygens (including phenoxy) is 5. The summed E-state index contributed by atoms with van der Waals surface area (Å²) in [6.45, 7) is 20.8. The topological polar surface area (TPSA) is 163 Å². The first kappa shape index (κ1) is 44.8. The van der Waals surface area contributed by atoms with Gasteiger partial charge in [-0.1, -0.05) is 106 Å². The number of carbonyl (C=O) groups excluding carboxylic acids is 2. The standard InChI is InChI=1S/C43H60N2O12Si2/c1-25(2)58(26(3)4)51-24-34-37(56-59(57-58,27(5)6)28(7)8)38(39(52-34)45-22-21-35(46)44-43(45)49)55-42-36(54-41(48)32-19-15-12-16-20-32)30(10)29(9)33(53-42)23-50-40(47)31-17-13-11-14-18-31/h11-22,25-30,33-34,36-39,42H,23-24H2,1-10H3,(H,44,46,49)/t29?,30?,33?,34-,36?,37?,38+,39-,42?/m1/s1. The van der Waals surface area contributed by atoms with Crippen molar-refractivity contribution in [2.24, 2.45) is 11.8 Å². The van der Waals surface area contributed by atoms with E-state index >= 15 is 0 Å². The van der Waals surface area contributed by atoms with Crippen molar-refractivity contribution in [3.8, 4) is 0 Å². The summed E-state index contributed by atoms with van der Waals surface area (Å²) in [7, 11) is -6.24. The van der Waals surface area contributed by atoms with Crippen LogP contribution in [0.3, 0.4) is 0 Å². The predicted molar refractivity (Wildman–Crippen MR) is 223 cm³/mol. The van der Waals surface area contributed by atoms with Gasteiger partial charge in [0, 0.05) is 18.2 Å². The number of fused-ring (bicyclic) bond motifs is 1. The van der Waals surface area contributed by atoms with Gasteiger partial charge in [-0.05, 0) is 52.3 Å². The van der Waals surface area contributed by atoms with Gasteiger partial charge in [0.05, 0.1) is 23.8 Å². The SMILES string of the molecule is CC1C(COC(=O)c2ccccc2)OC(O[C@H]2C3O[Si](C(C)C)(C(C)C)O[Si](C(C)C)(C(C)C)OC[C@H]3O[C@H]2n2ccc(=O)[nH]c2=O)C(OC(=O)c2ccccc2)C1C. The summed E-state index contributed by atoms with van der Waals surface area (Å²) in [6.07, 6.45) is -5.37. The van der Waals surface area contributed by atoms with E-state index in [1.807, 2.05) is 26.0 Å². The summed E-state index contributed by atoms with van der Waals surface area (Å²) < 4.78 is 55.7. The first-order chi connectivity index (χ1) is 28.0. The molecular formula is C43H60N2O12Si2. The van der Waals surface area contributed by atoms with E-state index in [2.05, 4.69) is 60.4 Å². The molecule has 16 heteroatoms. The molecule has 9 atom stereocenters. The molecule has 0 aliphatic carbocycles. The minimum Gasteiger partial charge on any atom is -0.459 e. The van der Waals surface area contributed by atoms with Crippen LogP contribution in [-0.4, -0.2) is 88.6 Å². The van der Waals surface area contributed by atoms with Crippen LogP contribution in [0.25, 0.3) is 0 Å². The third-order valence-electron chi connectivity index (χ3n) is 12.2. The van der Waals surface area contributed by atoms with Crippen LogP contribution in [0, 0.1) is 11.8 Å². The summed E-state index contributed by atoms with van der Waals surface area (Å²) in [5.74, 6) is -1.73. The molecule has 0 radical (unpaired) electrons. The van der Waals surface area contributed by atoms with Gasteiger partial charge in [-0.3, -0.25) is 14.3 Å². The van der Waals surface area contributed by atoms with Crippen molar-refractivity contribution < 1.29 is 46.2 Å². The Kier molecular flexibility index (Phi) is 14.0. The number of benzene rings is 2. The van der Waals surface area contributed by atoms with Gasteiger partial charge in [-0.15, -0.1) is 0 Å². The number of aromatic amines is 1. The zero-order valence-electron chi connectivity index (χ0n) is 35.7. The Labute approximate surface area is 348 Å². The molecule has 0 amide bonds. The van der Waals surface area contributed by atoms with Gasteiger partial charge in [-0.25, -0.2) is 14.4 Å². The molecule has 2 aromatic carbocycles. The lowest BCUT2D eigenvalue weighted by atomic mass is 9.83. The van der Waals surface area contributed by atoms with Crippen molar-refractivity contribution in [1.29, 1.82) is 0 Å². The van der Waals surface area contributed by atoms with Crippen molar-refractivity contribution >= 4 is 29.1 Å². The number of nitrogens with zero attached hydrogens (tertiary/aromatic N) is 1. The molecule has 3 aromatic rings. The van der Waals surface area contributed by atoms with E-state index in [1.165, 1.54) is 16.8 Å². The van der Waals surface area contributed by atoms with Crippen molar-refractivity contribution in [3.63, 3.8) is 0 Å². The third kappa shape index (κ3) is 9.15. The van der Waals surface area contributed by atoms with Gasteiger partial charge in [0.2, 0.25) is 0 Å². The number of H-pyrrole nitrogens is 1. The molecule has 3 aliphatic rings. The van der Waals surface area contributed by atoms with Crippen molar-refractivity contribution in [2.45, 2.75) is 134 Å². The fraction of sp³-hybridized carbons (Fsp3) is 0.581. The largest absolute Gasteiger partial charge is 0.459 e. The van der Waals surface area contributed by atoms with Gasteiger partial charge < -0.3 is 36.7 Å². The molecule has 6 rings (SSSR count). The van der Waals surface area contributed by atoms with Crippen LogP contribution in [0.2, 0.25) is 22.2 Å². The fourth-order valence-corrected chi connectivity index (χ4v) is 19.8. The number of hydrogen-bond acceptors (Lipinski definition) is 12. The average molecular weight is 853 g/mol. The molecule has 59 heavy (non-hydrogen) atoms. The number of hydrogen-bond donors (Lipinski definition) is 1. The van der Waals surface area contributed by atoms with Gasteiger partial charge in [-0.2, -0.15) is 0 Å². The second kappa shape index (κ2) is 18.5. The monoisotopic (exact) mass is 852 g/mol. The van der Waals surface area contributed by atoms with Crippen LogP contribution in [0.1, 0.15) is 96.2 Å². The minimum absolute atomic E-state index is 0.0419. The Morgan fingerprint density at radius 3 is 1.90 bits per heavy atom. The molecule has 0 spiro atoms. The highest BCUT2D eigenvalue weighted by Gasteiger charge is 2.63. The maximum atomic E-state index is 13.7. The molecule has 3 aliphatic heterocycles. The maximum Gasteiger partial charge on any atom is 0.338 e. The normalized spacial score (nSPS) is 29.2. The first-order valence-corrected chi connectivity index (χ1v) is 24.7. The smallest absolute Gasteiger partial charge is 0.338 e. The predicted octanol–water partition coefficient (Wildman–Crippen LogP) is 6.86. The van der Waals surface area contributed by atoms with E-state index in [1.54, 1.807) is 48.5 Å². The maximum absolute atomic E-state index is 13.7. The Morgan fingerprint density at radius 1 is 0.763 bits per heavy atom. The molecule has 1 aromatic heterocycles. The van der Waals surface area contributed by atoms with E-state index in [0.29, 0.717) is 11.1 Å². The summed E-state index contributed by atoms with van der Waals surface area (Å²) in [5.41, 5.74) is -0.482. The van der Waals surface area contributed by atoms with Gasteiger partial charge in [0.25, 0.3) is 5.56 Å². The summed E-state index contributed by atoms with van der Waals surface area (Å²) in [6, 6.07) is 18.5. The van der Waals surface area contributed by atoms with Crippen molar-refractivity contribution in [3.05, 3.63) is 105 Å². The average Bonchev–Trinajstić information content (AvgIpc) is 3.51. The second-order valence-electron chi connectivity index (χ2n) is 17.2. The number of rotatable bonds is 12. The summed E-state index contributed by atoms with van der Waals surface area (Å²) in [4.78, 5) is 55.0. The van der Waals surface area contributed by atoms with Crippen LogP contribution >= 0.6 is 0 Å². The molecular weight excluding hydrogens is 793 g/mol. The van der Waals surface area contributed by atoms with E-state index in [4.69, 9.17) is 36.7 Å². The lowest BCUT2D eigenvalue weighted by molar-refractivity contribution is -0.298. The van der Waals surface area contributed by atoms with E-state index in [9.17, 15) is 19.2 Å². The fourth-order valence-electron chi connectivity index (χ4n) is 8.58. The van der Waals surface area contributed by atoms with Crippen LogP contribution < -0.4 is 11.2 Å². The molecule has 6 unspecified atom stereocenters. The van der Waals surface area contributed by atoms with Crippen LogP contribution in [0.4, 0.5) is 0 Å².